The van der Waals surface area contributed by atoms with Crippen LogP contribution >= 0.6 is 0 Å². The molecule has 0 bridgehead atoms. The van der Waals surface area contributed by atoms with Gasteiger partial charge in [-0.1, -0.05) is 24.3 Å². The molecule has 0 unspecified atom stereocenters. The van der Waals surface area contributed by atoms with E-state index < -0.39 is 0 Å². The number of hydrogen-bond acceptors (Lipinski definition) is 2. The van der Waals surface area contributed by atoms with Crippen LogP contribution in [0.5, 0.6) is 5.75 Å². The molecule has 0 amide bonds. The summed E-state index contributed by atoms with van der Waals surface area (Å²) in [4.78, 5) is 0. The monoisotopic (exact) mass is 255 g/mol. The molecule has 19 heavy (non-hydrogen) atoms. The second-order valence-corrected chi connectivity index (χ2v) is 5.04. The molecule has 0 aliphatic heterocycles. The van der Waals surface area contributed by atoms with Gasteiger partial charge in [0, 0.05) is 12.2 Å². The van der Waals surface area contributed by atoms with Crippen molar-refractivity contribution >= 4 is 5.69 Å². The normalized spacial score (nSPS) is 10.5. The minimum absolute atomic E-state index is 0.208. The van der Waals surface area contributed by atoms with Crippen LogP contribution < -0.4 is 10.1 Å². The number of benzene rings is 2. The first-order valence-electron chi connectivity index (χ1n) is 6.69. The van der Waals surface area contributed by atoms with Gasteiger partial charge in [0.2, 0.25) is 0 Å². The molecule has 0 aromatic heterocycles. The van der Waals surface area contributed by atoms with Gasteiger partial charge in [0.05, 0.1) is 6.10 Å². The Kier molecular flexibility index (Phi) is 4.45. The highest BCUT2D eigenvalue weighted by Crippen LogP contribution is 2.17. The molecule has 0 fully saturated rings. The Morgan fingerprint density at radius 3 is 2.58 bits per heavy atom. The van der Waals surface area contributed by atoms with Crippen LogP contribution in [0.3, 0.4) is 0 Å². The lowest BCUT2D eigenvalue weighted by molar-refractivity contribution is 0.242. The van der Waals surface area contributed by atoms with Gasteiger partial charge in [0.1, 0.15) is 5.75 Å². The Morgan fingerprint density at radius 1 is 1.05 bits per heavy atom. The molecule has 1 N–H and O–H groups in total. The van der Waals surface area contributed by atoms with E-state index in [0.717, 1.165) is 18.0 Å². The molecule has 0 spiro atoms. The van der Waals surface area contributed by atoms with E-state index in [9.17, 15) is 0 Å². The predicted octanol–water partition coefficient (Wildman–Crippen LogP) is 4.39. The van der Waals surface area contributed by atoms with Crippen molar-refractivity contribution < 1.29 is 4.74 Å². The SMILES string of the molecule is Cc1cccc(NCc2cccc(OC(C)C)c2)c1. The quantitative estimate of drug-likeness (QED) is 0.855. The van der Waals surface area contributed by atoms with Crippen molar-refractivity contribution in [2.45, 2.75) is 33.4 Å². The molecule has 2 aromatic carbocycles. The number of hydrogen-bond donors (Lipinski definition) is 1. The molecule has 0 radical (unpaired) electrons. The smallest absolute Gasteiger partial charge is 0.120 e. The molecule has 2 aromatic rings. The van der Waals surface area contributed by atoms with Crippen LogP contribution in [-0.4, -0.2) is 6.10 Å². The first-order chi connectivity index (χ1) is 9.13. The van der Waals surface area contributed by atoms with Gasteiger partial charge in [-0.2, -0.15) is 0 Å². The Labute approximate surface area is 115 Å². The summed E-state index contributed by atoms with van der Waals surface area (Å²) in [6, 6.07) is 16.6. The van der Waals surface area contributed by atoms with Gasteiger partial charge in [-0.05, 0) is 56.2 Å². The van der Waals surface area contributed by atoms with Crippen LogP contribution in [0.1, 0.15) is 25.0 Å². The van der Waals surface area contributed by atoms with Crippen LogP contribution in [-0.2, 0) is 6.54 Å². The summed E-state index contributed by atoms with van der Waals surface area (Å²) < 4.78 is 5.70. The number of ether oxygens (including phenoxy) is 1. The van der Waals surface area contributed by atoms with Gasteiger partial charge in [-0.25, -0.2) is 0 Å². The molecule has 100 valence electrons. The van der Waals surface area contributed by atoms with Crippen molar-refractivity contribution in [2.75, 3.05) is 5.32 Å². The van der Waals surface area contributed by atoms with Gasteiger partial charge in [-0.3, -0.25) is 0 Å². The topological polar surface area (TPSA) is 21.3 Å². The maximum Gasteiger partial charge on any atom is 0.120 e. The molecule has 0 saturated carbocycles. The van der Waals surface area contributed by atoms with E-state index in [0.29, 0.717) is 0 Å². The highest BCUT2D eigenvalue weighted by atomic mass is 16.5. The fourth-order valence-electron chi connectivity index (χ4n) is 1.96. The first kappa shape index (κ1) is 13.5. The lowest BCUT2D eigenvalue weighted by atomic mass is 10.2. The van der Waals surface area contributed by atoms with Crippen molar-refractivity contribution in [3.63, 3.8) is 0 Å². The van der Waals surface area contributed by atoms with Crippen molar-refractivity contribution in [1.29, 1.82) is 0 Å². The molecule has 0 aliphatic rings. The fraction of sp³-hybridized carbons (Fsp3) is 0.294. The van der Waals surface area contributed by atoms with Gasteiger partial charge in [0.15, 0.2) is 0 Å². The third kappa shape index (κ3) is 4.32. The van der Waals surface area contributed by atoms with E-state index in [1.54, 1.807) is 0 Å². The average Bonchev–Trinajstić information content (AvgIpc) is 2.36. The van der Waals surface area contributed by atoms with Crippen LogP contribution in [0.2, 0.25) is 0 Å². The average molecular weight is 255 g/mol. The summed E-state index contributed by atoms with van der Waals surface area (Å²) in [6.07, 6.45) is 0.208. The summed E-state index contributed by atoms with van der Waals surface area (Å²) in [5, 5.41) is 3.43. The zero-order chi connectivity index (χ0) is 13.7. The molecule has 0 atom stereocenters. The standard InChI is InChI=1S/C17H21NO/c1-13(2)19-17-9-5-7-15(11-17)12-18-16-8-4-6-14(3)10-16/h4-11,13,18H,12H2,1-3H3. The Bertz CT molecular complexity index is 534. The second kappa shape index (κ2) is 6.28. The maximum absolute atomic E-state index is 5.70. The fourth-order valence-corrected chi connectivity index (χ4v) is 1.96. The van der Waals surface area contributed by atoms with Gasteiger partial charge >= 0.3 is 0 Å². The number of anilines is 1. The van der Waals surface area contributed by atoms with E-state index in [1.807, 2.05) is 26.0 Å². The molecular formula is C17H21NO. The van der Waals surface area contributed by atoms with E-state index in [-0.39, 0.29) is 6.10 Å². The highest BCUT2D eigenvalue weighted by Gasteiger charge is 2.00. The zero-order valence-corrected chi connectivity index (χ0v) is 11.8. The third-order valence-corrected chi connectivity index (χ3v) is 2.78. The van der Waals surface area contributed by atoms with Gasteiger partial charge in [0.25, 0.3) is 0 Å². The number of nitrogens with one attached hydrogen (secondary N) is 1. The van der Waals surface area contributed by atoms with Gasteiger partial charge < -0.3 is 10.1 Å². The second-order valence-electron chi connectivity index (χ2n) is 5.04. The van der Waals surface area contributed by atoms with E-state index in [4.69, 9.17) is 4.74 Å². The number of rotatable bonds is 5. The summed E-state index contributed by atoms with van der Waals surface area (Å²) in [6.45, 7) is 6.98. The van der Waals surface area contributed by atoms with Crippen molar-refractivity contribution in [2.24, 2.45) is 0 Å². The zero-order valence-electron chi connectivity index (χ0n) is 11.8. The Morgan fingerprint density at radius 2 is 1.84 bits per heavy atom. The molecule has 0 heterocycles. The minimum Gasteiger partial charge on any atom is -0.491 e. The number of aryl methyl sites for hydroxylation is 1. The predicted molar refractivity (Wildman–Crippen MR) is 80.7 cm³/mol. The Balaban J connectivity index is 1.99. The summed E-state index contributed by atoms with van der Waals surface area (Å²) in [7, 11) is 0. The maximum atomic E-state index is 5.70. The van der Waals surface area contributed by atoms with Crippen LogP contribution in [0.4, 0.5) is 5.69 Å². The van der Waals surface area contributed by atoms with Gasteiger partial charge in [-0.15, -0.1) is 0 Å². The van der Waals surface area contributed by atoms with Crippen molar-refractivity contribution in [3.8, 4) is 5.75 Å². The third-order valence-electron chi connectivity index (χ3n) is 2.78. The molecular weight excluding hydrogens is 234 g/mol. The van der Waals surface area contributed by atoms with Crippen LogP contribution in [0.15, 0.2) is 48.5 Å². The van der Waals surface area contributed by atoms with E-state index >= 15 is 0 Å². The largest absolute Gasteiger partial charge is 0.491 e. The molecule has 0 saturated heterocycles. The Hall–Kier alpha value is -1.96. The minimum atomic E-state index is 0.208. The summed E-state index contributed by atoms with van der Waals surface area (Å²) in [5.41, 5.74) is 3.64. The van der Waals surface area contributed by atoms with Crippen LogP contribution in [0, 0.1) is 6.92 Å². The summed E-state index contributed by atoms with van der Waals surface area (Å²) >= 11 is 0. The molecule has 2 nitrogen and oxygen atoms in total. The van der Waals surface area contributed by atoms with Crippen LogP contribution in [0.25, 0.3) is 0 Å². The summed E-state index contributed by atoms with van der Waals surface area (Å²) in [5.74, 6) is 0.929. The van der Waals surface area contributed by atoms with Crippen molar-refractivity contribution in [3.05, 3.63) is 59.7 Å². The van der Waals surface area contributed by atoms with E-state index in [1.165, 1.54) is 11.1 Å². The highest BCUT2D eigenvalue weighted by molar-refractivity contribution is 5.46. The van der Waals surface area contributed by atoms with Crippen molar-refractivity contribution in [1.82, 2.24) is 0 Å². The lowest BCUT2D eigenvalue weighted by Gasteiger charge is -2.12. The molecule has 2 rings (SSSR count). The first-order valence-corrected chi connectivity index (χ1v) is 6.69. The molecule has 2 heteroatoms. The van der Waals surface area contributed by atoms with E-state index in [2.05, 4.69) is 48.6 Å². The lowest BCUT2D eigenvalue weighted by Crippen LogP contribution is -2.06. The molecule has 0 aliphatic carbocycles.